The minimum Gasteiger partial charge on any atom is -0.496 e. The van der Waals surface area contributed by atoms with Gasteiger partial charge in [0.15, 0.2) is 8.32 Å². The highest BCUT2D eigenvalue weighted by Gasteiger charge is 2.42. The summed E-state index contributed by atoms with van der Waals surface area (Å²) in [5.74, 6) is -0.307. The van der Waals surface area contributed by atoms with E-state index in [1.807, 2.05) is 0 Å². The molecule has 3 N–H and O–H groups in total. The van der Waals surface area contributed by atoms with Crippen LogP contribution < -0.4 is 9.47 Å². The van der Waals surface area contributed by atoms with Gasteiger partial charge >= 0.3 is 0 Å². The smallest absolute Gasteiger partial charge is 0.282 e. The highest BCUT2D eigenvalue weighted by Crippen LogP contribution is 2.38. The second kappa shape index (κ2) is 16.5. The Morgan fingerprint density at radius 3 is 1.57 bits per heavy atom. The Bertz CT molecular complexity index is 1630. The first-order valence-electron chi connectivity index (χ1n) is 16.6. The first-order chi connectivity index (χ1) is 23.7. The van der Waals surface area contributed by atoms with Crippen LogP contribution in [-0.2, 0) is 4.43 Å². The number of aryl methyl sites for hydroxylation is 2. The fourth-order valence-corrected chi connectivity index (χ4v) is 6.92. The predicted molar refractivity (Wildman–Crippen MR) is 190 cm³/mol. The molecule has 16 nitrogen and oxygen atoms in total. The summed E-state index contributed by atoms with van der Waals surface area (Å²) in [7, 11) is 0.835. The Hall–Kier alpha value is -4.16. The molecular formula is C34H50N4O12Si. The fraction of sp³-hybridized carbons (Fsp3) is 0.588. The van der Waals surface area contributed by atoms with Crippen molar-refractivity contribution in [3.63, 3.8) is 0 Å². The van der Waals surface area contributed by atoms with Gasteiger partial charge in [-0.15, -0.1) is 0 Å². The number of aliphatic hydroxyl groups is 3. The normalized spacial score (nSPS) is 20.5. The molecule has 282 valence electrons. The quantitative estimate of drug-likeness (QED) is 0.180. The van der Waals surface area contributed by atoms with E-state index in [1.165, 1.54) is 48.3 Å². The zero-order valence-electron chi connectivity index (χ0n) is 30.7. The third-order valence-electron chi connectivity index (χ3n) is 9.84. The van der Waals surface area contributed by atoms with E-state index in [4.69, 9.17) is 13.9 Å². The number of nitrogens with zero attached hydrogens (tertiary/aromatic N) is 4. The van der Waals surface area contributed by atoms with E-state index in [0.717, 1.165) is 0 Å². The lowest BCUT2D eigenvalue weighted by Gasteiger charge is -2.38. The molecule has 0 unspecified atom stereocenters. The van der Waals surface area contributed by atoms with Crippen LogP contribution in [0.1, 0.15) is 65.5 Å². The van der Waals surface area contributed by atoms with Crippen molar-refractivity contribution < 1.29 is 48.7 Å². The van der Waals surface area contributed by atoms with Gasteiger partial charge in [0.25, 0.3) is 23.2 Å². The number of ether oxygens (including phenoxy) is 2. The summed E-state index contributed by atoms with van der Waals surface area (Å²) >= 11 is 0. The van der Waals surface area contributed by atoms with E-state index in [1.54, 1.807) is 13.8 Å². The molecule has 2 aromatic rings. The van der Waals surface area contributed by atoms with Crippen LogP contribution in [0, 0.1) is 34.1 Å². The third-order valence-corrected chi connectivity index (χ3v) is 14.3. The molecule has 2 heterocycles. The molecule has 17 heteroatoms. The highest BCUT2D eigenvalue weighted by molar-refractivity contribution is 6.74. The Labute approximate surface area is 298 Å². The van der Waals surface area contributed by atoms with Gasteiger partial charge in [-0.2, -0.15) is 0 Å². The van der Waals surface area contributed by atoms with Gasteiger partial charge in [0.05, 0.1) is 61.6 Å². The summed E-state index contributed by atoms with van der Waals surface area (Å²) in [6.45, 7) is 14.1. The number of hydrogen-bond acceptors (Lipinski definition) is 12. The van der Waals surface area contributed by atoms with Gasteiger partial charge in [-0.3, -0.25) is 29.8 Å². The summed E-state index contributed by atoms with van der Waals surface area (Å²) in [5.41, 5.74) is 0.393. The number of likely N-dealkylation sites (tertiary alicyclic amines) is 2. The fourth-order valence-electron chi connectivity index (χ4n) is 5.87. The van der Waals surface area contributed by atoms with Gasteiger partial charge in [0.1, 0.15) is 22.6 Å². The Morgan fingerprint density at radius 1 is 0.824 bits per heavy atom. The molecule has 4 rings (SSSR count). The number of rotatable bonds is 10. The van der Waals surface area contributed by atoms with Gasteiger partial charge in [-0.1, -0.05) is 20.8 Å². The lowest BCUT2D eigenvalue weighted by atomic mass is 10.1. The molecule has 2 saturated heterocycles. The maximum atomic E-state index is 13.2. The van der Waals surface area contributed by atoms with Gasteiger partial charge in [0, 0.05) is 37.4 Å². The summed E-state index contributed by atoms with van der Waals surface area (Å²) in [4.78, 5) is 50.2. The first kappa shape index (κ1) is 41.3. The SMILES string of the molecule is COc1cc(C(=O)N2C[C@H](O)C[C@H]2CO)c([N+](=O)[O-])cc1C.COc1cc(C(=O)N2C[C@H](O)C[C@H]2CO[Si](C)(C)C(C)(C)C)c([N+](=O)[O-])cc1C. The molecule has 2 fully saturated rings. The zero-order valence-corrected chi connectivity index (χ0v) is 31.7. The van der Waals surface area contributed by atoms with Gasteiger partial charge in [0.2, 0.25) is 0 Å². The van der Waals surface area contributed by atoms with E-state index in [-0.39, 0.29) is 59.7 Å². The van der Waals surface area contributed by atoms with Crippen LogP contribution in [0.4, 0.5) is 11.4 Å². The third kappa shape index (κ3) is 9.39. The summed E-state index contributed by atoms with van der Waals surface area (Å²) in [5, 5.41) is 51.9. The molecular weight excluding hydrogens is 684 g/mol. The van der Waals surface area contributed by atoms with E-state index < -0.39 is 48.2 Å². The first-order valence-corrected chi connectivity index (χ1v) is 19.5. The van der Waals surface area contributed by atoms with Crippen molar-refractivity contribution in [2.75, 3.05) is 40.5 Å². The van der Waals surface area contributed by atoms with Crippen LogP contribution in [0.5, 0.6) is 11.5 Å². The number of amides is 2. The molecule has 2 aromatic carbocycles. The van der Waals surface area contributed by atoms with E-state index in [0.29, 0.717) is 35.7 Å². The average molecular weight is 735 g/mol. The number of nitro benzene ring substituents is 2. The molecule has 0 aromatic heterocycles. The maximum absolute atomic E-state index is 13.2. The van der Waals surface area contributed by atoms with Crippen molar-refractivity contribution in [1.29, 1.82) is 0 Å². The monoisotopic (exact) mass is 734 g/mol. The highest BCUT2D eigenvalue weighted by atomic mass is 28.4. The van der Waals surface area contributed by atoms with Gasteiger partial charge in [-0.25, -0.2) is 0 Å². The van der Waals surface area contributed by atoms with Crippen LogP contribution in [0.2, 0.25) is 18.1 Å². The second-order valence-corrected chi connectivity index (χ2v) is 19.3. The number of methoxy groups -OCH3 is 2. The van der Waals surface area contributed by atoms with Crippen molar-refractivity contribution in [3.8, 4) is 11.5 Å². The average Bonchev–Trinajstić information content (AvgIpc) is 3.63. The summed E-state index contributed by atoms with van der Waals surface area (Å²) in [6.07, 6.45) is -0.790. The number of carbonyl (C=O) groups is 2. The molecule has 2 amide bonds. The molecule has 0 spiro atoms. The number of β-amino-alcohol motifs (C(OH)–C–C–N with tert-alkyl or cyclic N) is 2. The van der Waals surface area contributed by atoms with E-state index in [9.17, 15) is 45.1 Å². The van der Waals surface area contributed by atoms with E-state index >= 15 is 0 Å². The summed E-state index contributed by atoms with van der Waals surface area (Å²) < 4.78 is 16.6. The van der Waals surface area contributed by atoms with Crippen molar-refractivity contribution in [2.45, 2.75) is 89.9 Å². The largest absolute Gasteiger partial charge is 0.496 e. The molecule has 0 aliphatic carbocycles. The lowest BCUT2D eigenvalue weighted by Crippen LogP contribution is -2.46. The molecule has 51 heavy (non-hydrogen) atoms. The van der Waals surface area contributed by atoms with Crippen molar-refractivity contribution >= 4 is 31.5 Å². The number of aliphatic hydroxyl groups excluding tert-OH is 3. The Balaban J connectivity index is 0.000000286. The molecule has 4 atom stereocenters. The molecule has 0 radical (unpaired) electrons. The van der Waals surface area contributed by atoms with Crippen LogP contribution in [0.25, 0.3) is 0 Å². The molecule has 2 aliphatic rings. The number of carbonyl (C=O) groups excluding carboxylic acids is 2. The number of benzene rings is 2. The van der Waals surface area contributed by atoms with Gasteiger partial charge < -0.3 is 39.0 Å². The van der Waals surface area contributed by atoms with Crippen molar-refractivity contribution in [3.05, 3.63) is 66.7 Å². The zero-order chi connectivity index (χ0) is 38.6. The van der Waals surface area contributed by atoms with Crippen LogP contribution in [0.15, 0.2) is 24.3 Å². The Kier molecular flexibility index (Phi) is 13.3. The molecule has 2 aliphatic heterocycles. The minimum atomic E-state index is -2.04. The predicted octanol–water partition coefficient (Wildman–Crippen LogP) is 3.99. The lowest BCUT2D eigenvalue weighted by molar-refractivity contribution is -0.385. The molecule has 0 saturated carbocycles. The van der Waals surface area contributed by atoms with Gasteiger partial charge in [-0.05, 0) is 55.9 Å². The maximum Gasteiger partial charge on any atom is 0.282 e. The second-order valence-electron chi connectivity index (χ2n) is 14.4. The van der Waals surface area contributed by atoms with E-state index in [2.05, 4.69) is 33.9 Å². The topological polar surface area (TPSA) is 215 Å². The molecule has 0 bridgehead atoms. The summed E-state index contributed by atoms with van der Waals surface area (Å²) in [6, 6.07) is 4.49. The van der Waals surface area contributed by atoms with Crippen molar-refractivity contribution in [2.24, 2.45) is 0 Å². The number of hydrogen-bond donors (Lipinski definition) is 3. The van der Waals surface area contributed by atoms with Crippen LogP contribution in [-0.4, -0.2) is 120 Å². The van der Waals surface area contributed by atoms with Crippen molar-refractivity contribution in [1.82, 2.24) is 9.80 Å². The Morgan fingerprint density at radius 2 is 1.22 bits per heavy atom. The van der Waals surface area contributed by atoms with Crippen LogP contribution >= 0.6 is 0 Å². The minimum absolute atomic E-state index is 0.0160. The standard InChI is InChI=1S/C20H32N2O6Si.C14H18N2O6/c1-13-8-17(22(25)26)16(10-18(13)27-5)19(24)21-11-15(23)9-14(21)12-28-29(6,7)20(2,3)4;1-8-3-12(16(20)21)11(5-13(8)22-2)14(19)15-6-10(18)4-9(15)7-17/h8,10,14-15,23H,9,11-12H2,1-7H3;3,5,9-10,17-18H,4,6-7H2,1-2H3/t14-,15+;9-,10+/m00/s1. The number of nitro groups is 2. The van der Waals surface area contributed by atoms with Crippen LogP contribution in [0.3, 0.4) is 0 Å².